The summed E-state index contributed by atoms with van der Waals surface area (Å²) < 4.78 is 11.8. The van der Waals surface area contributed by atoms with Crippen molar-refractivity contribution in [2.24, 2.45) is 0 Å². The average Bonchev–Trinajstić information content (AvgIpc) is 3.16. The number of hydrogen-bond acceptors (Lipinski definition) is 6. The number of benzene rings is 4. The van der Waals surface area contributed by atoms with Crippen LogP contribution in [0.15, 0.2) is 109 Å². The molecule has 1 saturated heterocycles. The van der Waals surface area contributed by atoms with Gasteiger partial charge < -0.3 is 19.7 Å². The lowest BCUT2D eigenvalue weighted by molar-refractivity contribution is -0.127. The van der Waals surface area contributed by atoms with Gasteiger partial charge in [-0.3, -0.25) is 9.69 Å². The molecule has 2 heterocycles. The Hall–Kier alpha value is -4.24. The van der Waals surface area contributed by atoms with E-state index >= 15 is 0 Å². The van der Waals surface area contributed by atoms with Crippen LogP contribution in [0.5, 0.6) is 17.4 Å². The molecule has 6 rings (SSSR count). The topological polar surface area (TPSA) is 66.9 Å². The van der Waals surface area contributed by atoms with Crippen molar-refractivity contribution < 1.29 is 14.3 Å². The quantitative estimate of drug-likeness (QED) is 0.113. The number of carbonyl (C=O) groups excluding carboxylic acids is 1. The number of ether oxygens (including phenoxy) is 2. The van der Waals surface area contributed by atoms with Gasteiger partial charge in [-0.1, -0.05) is 91.6 Å². The second-order valence-electron chi connectivity index (χ2n) is 13.7. The van der Waals surface area contributed by atoms with Crippen LogP contribution in [0.1, 0.15) is 53.1 Å². The fourth-order valence-electron chi connectivity index (χ4n) is 6.18. The first-order valence-corrected chi connectivity index (χ1v) is 18.9. The molecule has 1 aliphatic rings. The zero-order valence-corrected chi connectivity index (χ0v) is 34.5. The maximum atomic E-state index is 13.1. The summed E-state index contributed by atoms with van der Waals surface area (Å²) in [6.45, 7) is 11.5. The highest BCUT2D eigenvalue weighted by atomic mass is 35.5. The molecule has 0 radical (unpaired) electrons. The number of anilines is 1. The summed E-state index contributed by atoms with van der Waals surface area (Å²) in [6, 6.07) is 32.4. The van der Waals surface area contributed by atoms with Crippen molar-refractivity contribution in [3.63, 3.8) is 0 Å². The first-order chi connectivity index (χ1) is 25.7. The largest absolute Gasteiger partial charge is 0.487 e. The number of pyridine rings is 1. The first-order valence-electron chi connectivity index (χ1n) is 18.1. The molecule has 1 aromatic heterocycles. The minimum absolute atomic E-state index is 0. The summed E-state index contributed by atoms with van der Waals surface area (Å²) in [5.74, 6) is 2.04. The Kier molecular flexibility index (Phi) is 16.7. The van der Waals surface area contributed by atoms with Crippen LogP contribution in [0.2, 0.25) is 10.0 Å². The molecule has 55 heavy (non-hydrogen) atoms. The fraction of sp³-hybridized carbons (Fsp3) is 0.273. The second kappa shape index (κ2) is 21.2. The lowest BCUT2D eigenvalue weighted by Gasteiger charge is -2.34. The lowest BCUT2D eigenvalue weighted by atomic mass is 10.0. The zero-order chi connectivity index (χ0) is 37.2. The molecule has 0 spiro atoms. The van der Waals surface area contributed by atoms with Gasteiger partial charge in [0.05, 0.1) is 11.2 Å². The van der Waals surface area contributed by atoms with Gasteiger partial charge in [0.1, 0.15) is 12.4 Å². The number of piperazine rings is 1. The van der Waals surface area contributed by atoms with Crippen molar-refractivity contribution in [3.05, 3.63) is 153 Å². The molecule has 11 heteroatoms. The summed E-state index contributed by atoms with van der Waals surface area (Å²) in [5, 5.41) is 4.62. The molecule has 0 saturated carbocycles. The summed E-state index contributed by atoms with van der Waals surface area (Å²) in [7, 11) is 0. The van der Waals surface area contributed by atoms with Crippen LogP contribution in [0, 0.1) is 6.92 Å². The van der Waals surface area contributed by atoms with E-state index in [0.29, 0.717) is 53.0 Å². The molecular weight excluding hydrogens is 774 g/mol. The number of carbonyl (C=O) groups is 1. The van der Waals surface area contributed by atoms with Gasteiger partial charge in [-0.15, -0.1) is 24.8 Å². The van der Waals surface area contributed by atoms with Crippen LogP contribution < -0.4 is 14.8 Å². The predicted molar refractivity (Wildman–Crippen MR) is 231 cm³/mol. The van der Waals surface area contributed by atoms with E-state index in [2.05, 4.69) is 77.6 Å². The van der Waals surface area contributed by atoms with Crippen LogP contribution >= 0.6 is 48.0 Å². The predicted octanol–water partition coefficient (Wildman–Crippen LogP) is 11.0. The highest BCUT2D eigenvalue weighted by Crippen LogP contribution is 2.34. The third-order valence-corrected chi connectivity index (χ3v) is 10.0. The van der Waals surface area contributed by atoms with E-state index in [0.717, 1.165) is 55.0 Å². The van der Waals surface area contributed by atoms with Crippen LogP contribution in [-0.2, 0) is 24.4 Å². The minimum atomic E-state index is -0.00590. The van der Waals surface area contributed by atoms with E-state index in [1.807, 2.05) is 42.2 Å². The molecule has 0 atom stereocenters. The molecule has 5 aromatic rings. The van der Waals surface area contributed by atoms with Crippen molar-refractivity contribution in [2.75, 3.05) is 38.0 Å². The van der Waals surface area contributed by atoms with E-state index < -0.39 is 0 Å². The molecule has 1 fully saturated rings. The molecule has 0 bridgehead atoms. The van der Waals surface area contributed by atoms with Crippen molar-refractivity contribution in [1.82, 2.24) is 14.8 Å². The van der Waals surface area contributed by atoms with Crippen LogP contribution in [0.4, 0.5) is 5.69 Å². The van der Waals surface area contributed by atoms with Crippen molar-refractivity contribution in [2.45, 2.75) is 46.3 Å². The molecule has 0 unspecified atom stereocenters. The third kappa shape index (κ3) is 12.6. The summed E-state index contributed by atoms with van der Waals surface area (Å²) in [6.07, 6.45) is 6.00. The summed E-state index contributed by atoms with van der Waals surface area (Å²) in [4.78, 5) is 21.8. The Morgan fingerprint density at radius 2 is 1.58 bits per heavy atom. The van der Waals surface area contributed by atoms with Crippen LogP contribution in [0.25, 0.3) is 6.08 Å². The molecule has 4 aromatic carbocycles. The fourth-order valence-corrected chi connectivity index (χ4v) is 6.69. The standard InChI is InChI=1S/C44H46Cl2N4O3.2ClH/c1-31(2)36-13-15-38(16-14-36)47-21-20-33-8-10-34(11-9-33)29-49-22-24-50(25-23-49)43(51)19-12-35-26-32(3)44(41(46)27-35)53-42-18-17-39(28-48-42)52-30-37-6-4-5-7-40(37)45;;/h4-19,26-28,31,47H,20-25,29-30H2,1-3H3;2*1H. The Morgan fingerprint density at radius 1 is 0.873 bits per heavy atom. The Bertz CT molecular complexity index is 1980. The maximum Gasteiger partial charge on any atom is 0.246 e. The van der Waals surface area contributed by atoms with Gasteiger partial charge in [0, 0.05) is 67.7 Å². The lowest BCUT2D eigenvalue weighted by Crippen LogP contribution is -2.47. The summed E-state index contributed by atoms with van der Waals surface area (Å²) in [5.41, 5.74) is 7.67. The molecule has 0 aliphatic carbocycles. The first kappa shape index (κ1) is 43.5. The Morgan fingerprint density at radius 3 is 2.24 bits per heavy atom. The number of aromatic nitrogens is 1. The van der Waals surface area contributed by atoms with E-state index in [1.165, 1.54) is 16.7 Å². The summed E-state index contributed by atoms with van der Waals surface area (Å²) >= 11 is 12.9. The number of rotatable bonds is 14. The molecule has 1 aliphatic heterocycles. The molecule has 7 nitrogen and oxygen atoms in total. The molecular formula is C44H48Cl4N4O3. The monoisotopic (exact) mass is 820 g/mol. The van der Waals surface area contributed by atoms with Gasteiger partial charge in [0.2, 0.25) is 11.8 Å². The van der Waals surface area contributed by atoms with E-state index in [9.17, 15) is 4.79 Å². The number of amides is 1. The molecule has 1 amide bonds. The van der Waals surface area contributed by atoms with Gasteiger partial charge in [0.15, 0.2) is 5.75 Å². The van der Waals surface area contributed by atoms with Gasteiger partial charge in [0.25, 0.3) is 0 Å². The van der Waals surface area contributed by atoms with E-state index in [4.69, 9.17) is 32.7 Å². The molecule has 1 N–H and O–H groups in total. The number of halogens is 4. The average molecular weight is 823 g/mol. The van der Waals surface area contributed by atoms with Crippen molar-refractivity contribution >= 4 is 65.7 Å². The second-order valence-corrected chi connectivity index (χ2v) is 14.5. The smallest absolute Gasteiger partial charge is 0.246 e. The van der Waals surface area contributed by atoms with Crippen molar-refractivity contribution in [3.8, 4) is 17.4 Å². The van der Waals surface area contributed by atoms with Gasteiger partial charge >= 0.3 is 0 Å². The highest BCUT2D eigenvalue weighted by molar-refractivity contribution is 6.32. The van der Waals surface area contributed by atoms with Crippen LogP contribution in [-0.4, -0.2) is 53.4 Å². The minimum Gasteiger partial charge on any atom is -0.487 e. The Labute approximate surface area is 347 Å². The maximum absolute atomic E-state index is 13.1. The number of nitrogens with zero attached hydrogens (tertiary/aromatic N) is 3. The number of aryl methyl sites for hydroxylation is 1. The zero-order valence-electron chi connectivity index (χ0n) is 31.3. The van der Waals surface area contributed by atoms with Gasteiger partial charge in [-0.05, 0) is 89.6 Å². The molecule has 290 valence electrons. The van der Waals surface area contributed by atoms with Gasteiger partial charge in [-0.25, -0.2) is 4.98 Å². The SMILES string of the molecule is Cc1cc(C=CC(=O)N2CCN(Cc3ccc(CCNc4ccc(C(C)C)cc4)cc3)CC2)cc(Cl)c1Oc1ccc(OCc2ccccc2Cl)cn1.Cl.Cl. The third-order valence-electron chi connectivity index (χ3n) is 9.37. The van der Waals surface area contributed by atoms with E-state index in [-0.39, 0.29) is 30.7 Å². The van der Waals surface area contributed by atoms with Crippen molar-refractivity contribution in [1.29, 1.82) is 0 Å². The number of hydrogen-bond donors (Lipinski definition) is 1. The van der Waals surface area contributed by atoms with Gasteiger partial charge in [-0.2, -0.15) is 0 Å². The normalized spacial score (nSPS) is 12.9. The van der Waals surface area contributed by atoms with E-state index in [1.54, 1.807) is 36.5 Å². The number of nitrogens with one attached hydrogen (secondary N) is 1. The Balaban J connectivity index is 0.00000336. The highest BCUT2D eigenvalue weighted by Gasteiger charge is 2.20. The van der Waals surface area contributed by atoms with Crippen LogP contribution in [0.3, 0.4) is 0 Å².